The van der Waals surface area contributed by atoms with Crippen LogP contribution >= 0.6 is 0 Å². The molecule has 27 heavy (non-hydrogen) atoms. The maximum atomic E-state index is 12.2. The summed E-state index contributed by atoms with van der Waals surface area (Å²) in [6, 6.07) is 15.2. The minimum absolute atomic E-state index is 0.0203. The minimum Gasteiger partial charge on any atom is -0.478 e. The number of para-hydroxylation sites is 1. The molecule has 0 saturated heterocycles. The number of ether oxygens (including phenoxy) is 1. The molecule has 0 spiro atoms. The van der Waals surface area contributed by atoms with Crippen molar-refractivity contribution in [3.05, 3.63) is 81.4 Å². The molecule has 0 aliphatic carbocycles. The van der Waals surface area contributed by atoms with Crippen molar-refractivity contribution in [3.8, 4) is 0 Å². The SMILES string of the molecule is O=C(O)C(=Cc1ccccc1[N+](=O)[O-])C(=O)CCCOCc1ccccc1. The Hall–Kier alpha value is -3.32. The molecule has 0 bridgehead atoms. The van der Waals surface area contributed by atoms with E-state index in [1.165, 1.54) is 18.2 Å². The second kappa shape index (κ2) is 9.98. The average Bonchev–Trinajstić information content (AvgIpc) is 2.66. The van der Waals surface area contributed by atoms with E-state index in [9.17, 15) is 24.8 Å². The molecule has 140 valence electrons. The maximum Gasteiger partial charge on any atom is 0.339 e. The number of rotatable bonds is 10. The van der Waals surface area contributed by atoms with Gasteiger partial charge in [-0.2, -0.15) is 0 Å². The third-order valence-electron chi connectivity index (χ3n) is 3.77. The summed E-state index contributed by atoms with van der Waals surface area (Å²) < 4.78 is 5.47. The number of nitro groups is 1. The third-order valence-corrected chi connectivity index (χ3v) is 3.77. The van der Waals surface area contributed by atoms with Gasteiger partial charge in [-0.1, -0.05) is 42.5 Å². The molecule has 0 aliphatic heterocycles. The number of carboxylic acids is 1. The number of hydrogen-bond donors (Lipinski definition) is 1. The van der Waals surface area contributed by atoms with Gasteiger partial charge in [-0.3, -0.25) is 14.9 Å². The highest BCUT2D eigenvalue weighted by molar-refractivity contribution is 6.20. The van der Waals surface area contributed by atoms with Crippen molar-refractivity contribution in [2.24, 2.45) is 0 Å². The van der Waals surface area contributed by atoms with Gasteiger partial charge >= 0.3 is 5.97 Å². The number of Topliss-reactive ketones (excluding diaryl/α,β-unsaturated/α-hetero) is 1. The Labute approximate surface area is 156 Å². The van der Waals surface area contributed by atoms with E-state index >= 15 is 0 Å². The zero-order valence-electron chi connectivity index (χ0n) is 14.5. The lowest BCUT2D eigenvalue weighted by Crippen LogP contribution is -2.13. The quantitative estimate of drug-likeness (QED) is 0.171. The summed E-state index contributed by atoms with van der Waals surface area (Å²) in [6.45, 7) is 0.714. The lowest BCUT2D eigenvalue weighted by Gasteiger charge is -2.05. The standard InChI is InChI=1S/C20H19NO6/c22-19(11-6-12-27-14-15-7-2-1-3-8-15)17(20(23)24)13-16-9-4-5-10-18(16)21(25)26/h1-5,7-10,13H,6,11-12,14H2,(H,23,24). The first-order valence-corrected chi connectivity index (χ1v) is 8.32. The largest absolute Gasteiger partial charge is 0.478 e. The number of carboxylic acid groups (broad SMARTS) is 1. The first kappa shape index (κ1) is 20.0. The summed E-state index contributed by atoms with van der Waals surface area (Å²) in [7, 11) is 0. The van der Waals surface area contributed by atoms with E-state index in [4.69, 9.17) is 4.74 Å². The summed E-state index contributed by atoms with van der Waals surface area (Å²) in [5.74, 6) is -2.01. The van der Waals surface area contributed by atoms with Crippen molar-refractivity contribution in [3.63, 3.8) is 0 Å². The molecule has 2 rings (SSSR count). The number of carbonyl (C=O) groups is 2. The zero-order chi connectivity index (χ0) is 19.6. The van der Waals surface area contributed by atoms with Gasteiger partial charge < -0.3 is 9.84 Å². The van der Waals surface area contributed by atoms with E-state index in [1.54, 1.807) is 6.07 Å². The maximum absolute atomic E-state index is 12.2. The van der Waals surface area contributed by atoms with E-state index in [1.807, 2.05) is 30.3 Å². The lowest BCUT2D eigenvalue weighted by molar-refractivity contribution is -0.385. The lowest BCUT2D eigenvalue weighted by atomic mass is 10.0. The Bertz CT molecular complexity index is 845. The van der Waals surface area contributed by atoms with Crippen molar-refractivity contribution in [2.75, 3.05) is 6.61 Å². The predicted octanol–water partition coefficient (Wildman–Crippen LogP) is 3.63. The molecule has 0 heterocycles. The van der Waals surface area contributed by atoms with E-state index < -0.39 is 22.2 Å². The van der Waals surface area contributed by atoms with Gasteiger partial charge in [-0.05, 0) is 24.1 Å². The fraction of sp³-hybridized carbons (Fsp3) is 0.200. The number of nitrogens with zero attached hydrogens (tertiary/aromatic N) is 1. The predicted molar refractivity (Wildman–Crippen MR) is 99.0 cm³/mol. The molecule has 2 aromatic carbocycles. The Balaban J connectivity index is 1.95. The van der Waals surface area contributed by atoms with Crippen LogP contribution in [0.2, 0.25) is 0 Å². The first-order chi connectivity index (χ1) is 13.0. The van der Waals surface area contributed by atoms with Gasteiger partial charge in [-0.25, -0.2) is 4.79 Å². The van der Waals surface area contributed by atoms with Crippen LogP contribution in [-0.2, 0) is 20.9 Å². The molecule has 0 aliphatic rings. The first-order valence-electron chi connectivity index (χ1n) is 8.32. The van der Waals surface area contributed by atoms with Crippen molar-refractivity contribution in [2.45, 2.75) is 19.4 Å². The van der Waals surface area contributed by atoms with Crippen LogP contribution in [0.25, 0.3) is 6.08 Å². The van der Waals surface area contributed by atoms with Gasteiger partial charge in [0.1, 0.15) is 5.57 Å². The number of benzene rings is 2. The minimum atomic E-state index is -1.41. The van der Waals surface area contributed by atoms with Crippen LogP contribution in [0, 0.1) is 10.1 Å². The molecular weight excluding hydrogens is 350 g/mol. The van der Waals surface area contributed by atoms with Crippen LogP contribution in [0.15, 0.2) is 60.2 Å². The number of aliphatic carboxylic acids is 1. The Morgan fingerprint density at radius 3 is 2.41 bits per heavy atom. The fourth-order valence-corrected chi connectivity index (χ4v) is 2.43. The van der Waals surface area contributed by atoms with Gasteiger partial charge in [0.05, 0.1) is 17.1 Å². The van der Waals surface area contributed by atoms with Crippen LogP contribution in [0.5, 0.6) is 0 Å². The molecule has 0 aromatic heterocycles. The van der Waals surface area contributed by atoms with Gasteiger partial charge in [0.2, 0.25) is 0 Å². The van der Waals surface area contributed by atoms with Crippen molar-refractivity contribution in [1.29, 1.82) is 0 Å². The van der Waals surface area contributed by atoms with Gasteiger partial charge in [0.15, 0.2) is 5.78 Å². The number of carbonyl (C=O) groups excluding carboxylic acids is 1. The van der Waals surface area contributed by atoms with Gasteiger partial charge in [0, 0.05) is 19.1 Å². The van der Waals surface area contributed by atoms with Crippen LogP contribution < -0.4 is 0 Å². The highest BCUT2D eigenvalue weighted by Gasteiger charge is 2.19. The monoisotopic (exact) mass is 369 g/mol. The number of nitro benzene ring substituents is 1. The molecule has 7 heteroatoms. The summed E-state index contributed by atoms with van der Waals surface area (Å²) in [6.07, 6.45) is 1.38. The smallest absolute Gasteiger partial charge is 0.339 e. The van der Waals surface area contributed by atoms with E-state index in [0.717, 1.165) is 11.6 Å². The second-order valence-electron chi connectivity index (χ2n) is 5.74. The van der Waals surface area contributed by atoms with Crippen LogP contribution in [0.4, 0.5) is 5.69 Å². The molecule has 2 aromatic rings. The summed E-state index contributed by atoms with van der Waals surface area (Å²) in [5, 5.41) is 20.3. The fourth-order valence-electron chi connectivity index (χ4n) is 2.43. The molecule has 7 nitrogen and oxygen atoms in total. The molecule has 0 unspecified atom stereocenters. The van der Waals surface area contributed by atoms with Gasteiger partial charge in [-0.15, -0.1) is 0 Å². The topological polar surface area (TPSA) is 107 Å². The Kier molecular flexibility index (Phi) is 7.39. The Morgan fingerprint density at radius 2 is 1.74 bits per heavy atom. The van der Waals surface area contributed by atoms with Crippen LogP contribution in [0.1, 0.15) is 24.0 Å². The third kappa shape index (κ3) is 6.16. The molecule has 1 N–H and O–H groups in total. The number of ketones is 1. The van der Waals surface area contributed by atoms with Crippen molar-refractivity contribution in [1.82, 2.24) is 0 Å². The van der Waals surface area contributed by atoms with Crippen LogP contribution in [-0.4, -0.2) is 28.4 Å². The average molecular weight is 369 g/mol. The van der Waals surface area contributed by atoms with Crippen molar-refractivity contribution >= 4 is 23.5 Å². The van der Waals surface area contributed by atoms with E-state index in [0.29, 0.717) is 19.6 Å². The second-order valence-corrected chi connectivity index (χ2v) is 5.74. The molecule has 0 fully saturated rings. The van der Waals surface area contributed by atoms with E-state index in [2.05, 4.69) is 0 Å². The summed E-state index contributed by atoms with van der Waals surface area (Å²) in [5.41, 5.74) is 0.350. The summed E-state index contributed by atoms with van der Waals surface area (Å²) in [4.78, 5) is 34.1. The van der Waals surface area contributed by atoms with Crippen LogP contribution in [0.3, 0.4) is 0 Å². The number of hydrogen-bond acceptors (Lipinski definition) is 5. The molecule has 0 saturated carbocycles. The molecule has 0 atom stereocenters. The van der Waals surface area contributed by atoms with E-state index in [-0.39, 0.29) is 17.7 Å². The molecule has 0 amide bonds. The molecule has 0 radical (unpaired) electrons. The van der Waals surface area contributed by atoms with Gasteiger partial charge in [0.25, 0.3) is 5.69 Å². The summed E-state index contributed by atoms with van der Waals surface area (Å²) >= 11 is 0. The van der Waals surface area contributed by atoms with Crippen molar-refractivity contribution < 1.29 is 24.4 Å². The molecular formula is C20H19NO6. The Morgan fingerprint density at radius 1 is 1.07 bits per heavy atom. The highest BCUT2D eigenvalue weighted by atomic mass is 16.6. The zero-order valence-corrected chi connectivity index (χ0v) is 14.5. The highest BCUT2D eigenvalue weighted by Crippen LogP contribution is 2.21. The normalized spacial score (nSPS) is 11.2.